The molecule has 3 rings (SSSR count). The molecule has 0 fully saturated rings. The average Bonchev–Trinajstić information content (AvgIpc) is 2.78. The predicted octanol–water partition coefficient (Wildman–Crippen LogP) is 5.66. The molecule has 2 aromatic rings. The molecule has 20 heavy (non-hydrogen) atoms. The SMILES string of the molecule is CCC(C)(C)Cc1cccc2c1Cc1ccccc1-2.Cl. The van der Waals surface area contributed by atoms with Gasteiger partial charge in [0.05, 0.1) is 0 Å². The van der Waals surface area contributed by atoms with E-state index in [0.29, 0.717) is 5.41 Å². The highest BCUT2D eigenvalue weighted by Crippen LogP contribution is 2.40. The minimum absolute atomic E-state index is 0. The van der Waals surface area contributed by atoms with Crippen LogP contribution < -0.4 is 0 Å². The molecule has 0 amide bonds. The van der Waals surface area contributed by atoms with E-state index in [0.717, 1.165) is 6.42 Å². The average molecular weight is 287 g/mol. The molecule has 0 unspecified atom stereocenters. The lowest BCUT2D eigenvalue weighted by molar-refractivity contribution is 0.348. The first kappa shape index (κ1) is 15.1. The van der Waals surface area contributed by atoms with Crippen LogP contribution in [0.5, 0.6) is 0 Å². The smallest absolute Gasteiger partial charge is 0.00107 e. The Labute approximate surface area is 128 Å². The molecule has 0 saturated heterocycles. The zero-order valence-corrected chi connectivity index (χ0v) is 13.4. The Morgan fingerprint density at radius 3 is 2.40 bits per heavy atom. The minimum atomic E-state index is 0. The van der Waals surface area contributed by atoms with Gasteiger partial charge in [0.1, 0.15) is 0 Å². The number of hydrogen-bond donors (Lipinski definition) is 0. The molecular formula is C19H23Cl. The standard InChI is InChI=1S/C19H22.ClH/c1-4-19(2,3)13-15-9-7-11-17-16-10-6-5-8-14(16)12-18(15)17;/h5-11H,4,12-13H2,1-3H3;1H. The van der Waals surface area contributed by atoms with Gasteiger partial charge in [0.25, 0.3) is 0 Å². The summed E-state index contributed by atoms with van der Waals surface area (Å²) in [6.07, 6.45) is 3.52. The van der Waals surface area contributed by atoms with E-state index >= 15 is 0 Å². The first-order valence-electron chi connectivity index (χ1n) is 7.30. The van der Waals surface area contributed by atoms with Gasteiger partial charge >= 0.3 is 0 Å². The van der Waals surface area contributed by atoms with Crippen LogP contribution in [0.3, 0.4) is 0 Å². The Kier molecular flexibility index (Phi) is 4.25. The zero-order chi connectivity index (χ0) is 13.5. The highest BCUT2D eigenvalue weighted by Gasteiger charge is 2.23. The summed E-state index contributed by atoms with van der Waals surface area (Å²) in [5, 5.41) is 0. The Balaban J connectivity index is 0.00000147. The van der Waals surface area contributed by atoms with Crippen molar-refractivity contribution in [3.05, 3.63) is 59.2 Å². The highest BCUT2D eigenvalue weighted by molar-refractivity contribution is 5.85. The fourth-order valence-electron chi connectivity index (χ4n) is 3.03. The van der Waals surface area contributed by atoms with Crippen LogP contribution in [0.1, 0.15) is 43.9 Å². The fraction of sp³-hybridized carbons (Fsp3) is 0.368. The Hall–Kier alpha value is -1.27. The van der Waals surface area contributed by atoms with Gasteiger partial charge in [-0.3, -0.25) is 0 Å². The fourth-order valence-corrected chi connectivity index (χ4v) is 3.03. The van der Waals surface area contributed by atoms with Crippen LogP contribution in [-0.4, -0.2) is 0 Å². The molecule has 0 saturated carbocycles. The largest absolute Gasteiger partial charge is 0.147 e. The van der Waals surface area contributed by atoms with Gasteiger partial charge in [0.2, 0.25) is 0 Å². The van der Waals surface area contributed by atoms with Crippen LogP contribution in [0, 0.1) is 5.41 Å². The molecule has 0 N–H and O–H groups in total. The van der Waals surface area contributed by atoms with Crippen molar-refractivity contribution in [1.29, 1.82) is 0 Å². The Bertz CT molecular complexity index is 611. The molecule has 1 heteroatoms. The quantitative estimate of drug-likeness (QED) is 0.583. The zero-order valence-electron chi connectivity index (χ0n) is 12.6. The van der Waals surface area contributed by atoms with Crippen LogP contribution >= 0.6 is 12.4 Å². The monoisotopic (exact) mass is 286 g/mol. The summed E-state index contributed by atoms with van der Waals surface area (Å²) in [4.78, 5) is 0. The second-order valence-electron chi connectivity index (χ2n) is 6.47. The first-order valence-corrected chi connectivity index (χ1v) is 7.30. The molecule has 0 heterocycles. The third-order valence-corrected chi connectivity index (χ3v) is 4.57. The topological polar surface area (TPSA) is 0 Å². The normalized spacial score (nSPS) is 12.6. The first-order chi connectivity index (χ1) is 9.11. The predicted molar refractivity (Wildman–Crippen MR) is 89.7 cm³/mol. The molecule has 0 aliphatic heterocycles. The van der Waals surface area contributed by atoms with Crippen molar-refractivity contribution in [2.24, 2.45) is 5.41 Å². The molecular weight excluding hydrogens is 264 g/mol. The third-order valence-electron chi connectivity index (χ3n) is 4.57. The number of fused-ring (bicyclic) bond motifs is 3. The lowest BCUT2D eigenvalue weighted by Gasteiger charge is -2.24. The van der Waals surface area contributed by atoms with Crippen molar-refractivity contribution >= 4 is 12.4 Å². The van der Waals surface area contributed by atoms with Crippen molar-refractivity contribution in [3.8, 4) is 11.1 Å². The Morgan fingerprint density at radius 1 is 0.950 bits per heavy atom. The number of benzene rings is 2. The minimum Gasteiger partial charge on any atom is -0.147 e. The van der Waals surface area contributed by atoms with Gasteiger partial charge in [-0.05, 0) is 46.1 Å². The van der Waals surface area contributed by atoms with E-state index in [9.17, 15) is 0 Å². The van der Waals surface area contributed by atoms with E-state index in [2.05, 4.69) is 63.2 Å². The van der Waals surface area contributed by atoms with Gasteiger partial charge in [-0.15, -0.1) is 12.4 Å². The third kappa shape index (κ3) is 2.62. The number of halogens is 1. The number of rotatable bonds is 3. The second kappa shape index (κ2) is 5.61. The summed E-state index contributed by atoms with van der Waals surface area (Å²) in [7, 11) is 0. The molecule has 0 bridgehead atoms. The second-order valence-corrected chi connectivity index (χ2v) is 6.47. The van der Waals surface area contributed by atoms with E-state index < -0.39 is 0 Å². The van der Waals surface area contributed by atoms with E-state index in [4.69, 9.17) is 0 Å². The van der Waals surface area contributed by atoms with Crippen LogP contribution in [-0.2, 0) is 12.8 Å². The van der Waals surface area contributed by atoms with E-state index in [-0.39, 0.29) is 12.4 Å². The molecule has 0 spiro atoms. The summed E-state index contributed by atoms with van der Waals surface area (Å²) in [5.74, 6) is 0. The van der Waals surface area contributed by atoms with Gasteiger partial charge in [0.15, 0.2) is 0 Å². The highest BCUT2D eigenvalue weighted by atomic mass is 35.5. The van der Waals surface area contributed by atoms with Crippen LogP contribution in [0.25, 0.3) is 11.1 Å². The summed E-state index contributed by atoms with van der Waals surface area (Å²) in [6.45, 7) is 7.03. The van der Waals surface area contributed by atoms with Crippen molar-refractivity contribution in [1.82, 2.24) is 0 Å². The molecule has 0 nitrogen and oxygen atoms in total. The lowest BCUT2D eigenvalue weighted by atomic mass is 9.81. The molecule has 0 atom stereocenters. The maximum absolute atomic E-state index is 2.37. The van der Waals surface area contributed by atoms with E-state index in [1.807, 2.05) is 0 Å². The number of hydrogen-bond acceptors (Lipinski definition) is 0. The summed E-state index contributed by atoms with van der Waals surface area (Å²) < 4.78 is 0. The van der Waals surface area contributed by atoms with E-state index in [1.165, 1.54) is 29.5 Å². The van der Waals surface area contributed by atoms with Crippen molar-refractivity contribution < 1.29 is 0 Å². The van der Waals surface area contributed by atoms with Crippen molar-refractivity contribution in [2.45, 2.75) is 40.0 Å². The van der Waals surface area contributed by atoms with Crippen molar-refractivity contribution in [2.75, 3.05) is 0 Å². The van der Waals surface area contributed by atoms with Gasteiger partial charge in [-0.25, -0.2) is 0 Å². The van der Waals surface area contributed by atoms with Crippen LogP contribution in [0.4, 0.5) is 0 Å². The molecule has 1 aliphatic rings. The molecule has 1 aliphatic carbocycles. The summed E-state index contributed by atoms with van der Waals surface area (Å²) >= 11 is 0. The molecule has 106 valence electrons. The van der Waals surface area contributed by atoms with Crippen LogP contribution in [0.2, 0.25) is 0 Å². The van der Waals surface area contributed by atoms with Gasteiger partial charge < -0.3 is 0 Å². The Morgan fingerprint density at radius 2 is 1.65 bits per heavy atom. The molecule has 2 aromatic carbocycles. The lowest BCUT2D eigenvalue weighted by Crippen LogP contribution is -2.14. The maximum Gasteiger partial charge on any atom is -0.00107 e. The molecule has 0 aromatic heterocycles. The van der Waals surface area contributed by atoms with Gasteiger partial charge in [-0.1, -0.05) is 69.7 Å². The van der Waals surface area contributed by atoms with Gasteiger partial charge in [0, 0.05) is 0 Å². The molecule has 0 radical (unpaired) electrons. The summed E-state index contributed by atoms with van der Waals surface area (Å²) in [5.41, 5.74) is 7.88. The van der Waals surface area contributed by atoms with E-state index in [1.54, 1.807) is 11.1 Å². The summed E-state index contributed by atoms with van der Waals surface area (Å²) in [6, 6.07) is 15.7. The van der Waals surface area contributed by atoms with Gasteiger partial charge in [-0.2, -0.15) is 0 Å². The van der Waals surface area contributed by atoms with Crippen molar-refractivity contribution in [3.63, 3.8) is 0 Å². The maximum atomic E-state index is 2.37. The van der Waals surface area contributed by atoms with Crippen LogP contribution in [0.15, 0.2) is 42.5 Å².